The van der Waals surface area contributed by atoms with Gasteiger partial charge in [-0.05, 0) is 79.6 Å². The maximum Gasteiger partial charge on any atom is 0.286 e. The molecule has 5 rings (SSSR count). The van der Waals surface area contributed by atoms with Crippen LogP contribution in [-0.4, -0.2) is 28.3 Å². The zero-order chi connectivity index (χ0) is 29.0. The minimum absolute atomic E-state index is 0.169. The Bertz CT molecular complexity index is 1640. The van der Waals surface area contributed by atoms with E-state index in [0.717, 1.165) is 72.2 Å². The summed E-state index contributed by atoms with van der Waals surface area (Å²) in [7, 11) is -4.46. The topological polar surface area (TPSA) is 92.6 Å². The molecular weight excluding hydrogens is 534 g/mol. The molecule has 214 valence electrons. The summed E-state index contributed by atoms with van der Waals surface area (Å²) < 4.78 is 42.5. The maximum atomic E-state index is 12.8. The van der Waals surface area contributed by atoms with Crippen molar-refractivity contribution in [2.45, 2.75) is 71.1 Å². The highest BCUT2D eigenvalue weighted by molar-refractivity contribution is 7.86. The van der Waals surface area contributed by atoms with Crippen LogP contribution in [0, 0.1) is 0 Å². The Morgan fingerprint density at radius 1 is 0.829 bits per heavy atom. The molecule has 41 heavy (non-hydrogen) atoms. The van der Waals surface area contributed by atoms with E-state index < -0.39 is 15.5 Å². The maximum absolute atomic E-state index is 12.8. The average molecular weight is 572 g/mol. The summed E-state index contributed by atoms with van der Waals surface area (Å²) in [6.45, 7) is 6.08. The summed E-state index contributed by atoms with van der Waals surface area (Å²) in [6, 6.07) is 19.4. The van der Waals surface area contributed by atoms with Gasteiger partial charge in [0, 0.05) is 23.5 Å². The van der Waals surface area contributed by atoms with E-state index in [0.29, 0.717) is 22.9 Å². The van der Waals surface area contributed by atoms with E-state index in [1.165, 1.54) is 0 Å². The van der Waals surface area contributed by atoms with Gasteiger partial charge in [0.25, 0.3) is 10.1 Å². The second-order valence-electron chi connectivity index (χ2n) is 10.4. The zero-order valence-corrected chi connectivity index (χ0v) is 24.7. The lowest BCUT2D eigenvalue weighted by molar-refractivity contribution is 0.452. The van der Waals surface area contributed by atoms with Crippen molar-refractivity contribution in [3.05, 3.63) is 84.2 Å². The average Bonchev–Trinajstić information content (AvgIpc) is 2.98. The van der Waals surface area contributed by atoms with Gasteiger partial charge in [-0.15, -0.1) is 0 Å². The first kappa shape index (κ1) is 28.8. The van der Waals surface area contributed by atoms with Crippen LogP contribution in [0.2, 0.25) is 0 Å². The molecule has 0 saturated carbocycles. The molecule has 4 aromatic rings. The summed E-state index contributed by atoms with van der Waals surface area (Å²) in [4.78, 5) is 11.3. The Morgan fingerprint density at radius 3 is 2.10 bits per heavy atom. The molecule has 1 atom stereocenters. The molecule has 1 aliphatic rings. The number of nitrogens with zero attached hydrogens (tertiary/aromatic N) is 3. The summed E-state index contributed by atoms with van der Waals surface area (Å²) in [5.41, 5.74) is 6.59. The van der Waals surface area contributed by atoms with Crippen molar-refractivity contribution in [3.8, 4) is 34.0 Å². The fourth-order valence-corrected chi connectivity index (χ4v) is 6.46. The fourth-order valence-electron chi connectivity index (χ4n) is 5.55. The molecule has 0 amide bonds. The van der Waals surface area contributed by atoms with Crippen LogP contribution in [0.5, 0.6) is 11.5 Å². The molecule has 1 aliphatic heterocycles. The van der Waals surface area contributed by atoms with Gasteiger partial charge in [0.2, 0.25) is 0 Å². The number of pyridine rings is 2. The molecular formula is C33H37N3O4S. The predicted molar refractivity (Wildman–Crippen MR) is 164 cm³/mol. The molecule has 8 heteroatoms. The van der Waals surface area contributed by atoms with Gasteiger partial charge in [-0.25, -0.2) is 0 Å². The van der Waals surface area contributed by atoms with Crippen LogP contribution < -0.4 is 9.64 Å². The standard InChI is InChI=1S/C33H37N3O4S/c1-4-7-13-23-15-11-19-34-31(23)25-21-26(32-24(14-8-5-2)16-12-20-35-32)33-28(22-25)36(30(6-3)41(37,38)39)27-17-9-10-18-29(27)40-33/h9-12,15-22,30H,4-8,13-14H2,1-3H3,(H,37,38,39). The minimum Gasteiger partial charge on any atom is -0.452 e. The van der Waals surface area contributed by atoms with Gasteiger partial charge in [-0.1, -0.05) is 57.9 Å². The van der Waals surface area contributed by atoms with Crippen LogP contribution in [0.3, 0.4) is 0 Å². The van der Waals surface area contributed by atoms with Crippen molar-refractivity contribution in [3.63, 3.8) is 0 Å². The summed E-state index contributed by atoms with van der Waals surface area (Å²) >= 11 is 0. The summed E-state index contributed by atoms with van der Waals surface area (Å²) in [5.74, 6) is 1.03. The lowest BCUT2D eigenvalue weighted by atomic mass is 9.94. The largest absolute Gasteiger partial charge is 0.452 e. The summed E-state index contributed by atoms with van der Waals surface area (Å²) in [5, 5.41) is -1.21. The number of para-hydroxylation sites is 2. The molecule has 2 aromatic heterocycles. The number of hydrogen-bond acceptors (Lipinski definition) is 6. The fraction of sp³-hybridized carbons (Fsp3) is 0.333. The van der Waals surface area contributed by atoms with E-state index in [2.05, 4.69) is 32.0 Å². The number of rotatable bonds is 11. The minimum atomic E-state index is -4.46. The van der Waals surface area contributed by atoms with Crippen LogP contribution in [0.15, 0.2) is 73.1 Å². The molecule has 0 fully saturated rings. The number of fused-ring (bicyclic) bond motifs is 2. The van der Waals surface area contributed by atoms with E-state index in [4.69, 9.17) is 14.7 Å². The third-order valence-corrected chi connectivity index (χ3v) is 8.79. The van der Waals surface area contributed by atoms with E-state index in [9.17, 15) is 13.0 Å². The molecule has 0 aliphatic carbocycles. The van der Waals surface area contributed by atoms with Crippen LogP contribution in [0.25, 0.3) is 22.5 Å². The molecule has 1 N–H and O–H groups in total. The van der Waals surface area contributed by atoms with E-state index in [1.54, 1.807) is 24.2 Å². The Labute approximate surface area is 243 Å². The molecule has 0 saturated heterocycles. The zero-order valence-electron chi connectivity index (χ0n) is 23.9. The van der Waals surface area contributed by atoms with Gasteiger partial charge in [0.05, 0.1) is 22.8 Å². The second-order valence-corrected chi connectivity index (χ2v) is 12.0. The number of hydrogen-bond donors (Lipinski definition) is 1. The molecule has 0 radical (unpaired) electrons. The van der Waals surface area contributed by atoms with Crippen molar-refractivity contribution in [2.24, 2.45) is 0 Å². The van der Waals surface area contributed by atoms with Gasteiger partial charge in [0.15, 0.2) is 16.9 Å². The highest BCUT2D eigenvalue weighted by Crippen LogP contribution is 2.54. The lowest BCUT2D eigenvalue weighted by Crippen LogP contribution is -2.38. The quantitative estimate of drug-likeness (QED) is 0.181. The normalized spacial score (nSPS) is 13.3. The molecule has 2 aromatic carbocycles. The van der Waals surface area contributed by atoms with Gasteiger partial charge in [-0.3, -0.25) is 14.5 Å². The Morgan fingerprint density at radius 2 is 1.46 bits per heavy atom. The lowest BCUT2D eigenvalue weighted by Gasteiger charge is -2.37. The van der Waals surface area contributed by atoms with Gasteiger partial charge < -0.3 is 9.64 Å². The molecule has 3 heterocycles. The van der Waals surface area contributed by atoms with Crippen molar-refractivity contribution < 1.29 is 17.7 Å². The number of aromatic nitrogens is 2. The van der Waals surface area contributed by atoms with Crippen LogP contribution in [0.1, 0.15) is 64.0 Å². The molecule has 0 bridgehead atoms. The first-order valence-corrected chi connectivity index (χ1v) is 16.0. The number of unbranched alkanes of at least 4 members (excludes halogenated alkanes) is 2. The van der Waals surface area contributed by atoms with Gasteiger partial charge >= 0.3 is 0 Å². The van der Waals surface area contributed by atoms with Gasteiger partial charge in [0.1, 0.15) is 0 Å². The summed E-state index contributed by atoms with van der Waals surface area (Å²) in [6.07, 6.45) is 9.61. The first-order valence-electron chi connectivity index (χ1n) is 14.5. The van der Waals surface area contributed by atoms with E-state index in [-0.39, 0.29) is 6.42 Å². The van der Waals surface area contributed by atoms with E-state index >= 15 is 0 Å². The number of aryl methyl sites for hydroxylation is 2. The Kier molecular flexibility index (Phi) is 8.71. The molecule has 7 nitrogen and oxygen atoms in total. The third kappa shape index (κ3) is 5.85. The number of benzene rings is 2. The highest BCUT2D eigenvalue weighted by atomic mass is 32.2. The first-order chi connectivity index (χ1) is 19.9. The molecule has 1 unspecified atom stereocenters. The monoisotopic (exact) mass is 571 g/mol. The number of anilines is 2. The predicted octanol–water partition coefficient (Wildman–Crippen LogP) is 8.36. The third-order valence-electron chi connectivity index (χ3n) is 7.56. The highest BCUT2D eigenvalue weighted by Gasteiger charge is 2.38. The van der Waals surface area contributed by atoms with Gasteiger partial charge in [-0.2, -0.15) is 8.42 Å². The number of ether oxygens (including phenoxy) is 1. The SMILES string of the molecule is CCCCc1cccnc1-c1cc(-c2ncccc2CCCC)c2c(c1)N(C(CC)S(=O)(=O)O)c1ccccc1O2. The van der Waals surface area contributed by atoms with Crippen LogP contribution in [-0.2, 0) is 23.0 Å². The smallest absolute Gasteiger partial charge is 0.286 e. The Balaban J connectivity index is 1.83. The van der Waals surface area contributed by atoms with Crippen molar-refractivity contribution in [2.75, 3.05) is 4.90 Å². The van der Waals surface area contributed by atoms with Crippen molar-refractivity contribution >= 4 is 21.5 Å². The van der Waals surface area contributed by atoms with Crippen LogP contribution in [0.4, 0.5) is 11.4 Å². The van der Waals surface area contributed by atoms with Crippen molar-refractivity contribution in [1.82, 2.24) is 9.97 Å². The van der Waals surface area contributed by atoms with Crippen molar-refractivity contribution in [1.29, 1.82) is 0 Å². The molecule has 0 spiro atoms. The van der Waals surface area contributed by atoms with E-state index in [1.807, 2.05) is 42.5 Å². The van der Waals surface area contributed by atoms with Crippen LogP contribution >= 0.6 is 0 Å². The second kappa shape index (κ2) is 12.4. The Hall–Kier alpha value is -3.75.